The molecule has 0 unspecified atom stereocenters. The number of nitrogens with one attached hydrogen (secondary N) is 1. The molecule has 9 heteroatoms. The zero-order valence-corrected chi connectivity index (χ0v) is 25.6. The van der Waals surface area contributed by atoms with Gasteiger partial charge in [0, 0.05) is 12.6 Å². The molecule has 0 aliphatic carbocycles. The van der Waals surface area contributed by atoms with E-state index < -0.39 is 28.5 Å². The average molecular weight is 580 g/mol. The number of ether oxygens (including phenoxy) is 1. The van der Waals surface area contributed by atoms with Crippen molar-refractivity contribution in [1.82, 2.24) is 10.2 Å². The molecule has 220 valence electrons. The lowest BCUT2D eigenvalue weighted by Crippen LogP contribution is -2.53. The van der Waals surface area contributed by atoms with Crippen LogP contribution in [0.1, 0.15) is 50.3 Å². The molecule has 0 aliphatic heterocycles. The number of sulfonamides is 1. The van der Waals surface area contributed by atoms with Crippen molar-refractivity contribution in [3.8, 4) is 5.75 Å². The average Bonchev–Trinajstić information content (AvgIpc) is 2.95. The molecule has 41 heavy (non-hydrogen) atoms. The Labute approximate surface area is 244 Å². The summed E-state index contributed by atoms with van der Waals surface area (Å²) >= 11 is 0. The van der Waals surface area contributed by atoms with Crippen LogP contribution in [0.15, 0.2) is 77.7 Å². The van der Waals surface area contributed by atoms with E-state index in [1.165, 1.54) is 24.1 Å². The van der Waals surface area contributed by atoms with Gasteiger partial charge in [0.05, 0.1) is 17.7 Å². The highest BCUT2D eigenvalue weighted by atomic mass is 32.2. The summed E-state index contributed by atoms with van der Waals surface area (Å²) in [7, 11) is -2.73. The highest BCUT2D eigenvalue weighted by Gasteiger charge is 2.35. The Morgan fingerprint density at radius 1 is 0.902 bits per heavy atom. The van der Waals surface area contributed by atoms with E-state index in [4.69, 9.17) is 4.74 Å². The van der Waals surface area contributed by atoms with Gasteiger partial charge >= 0.3 is 0 Å². The van der Waals surface area contributed by atoms with Crippen LogP contribution in [-0.2, 0) is 26.2 Å². The van der Waals surface area contributed by atoms with E-state index in [-0.39, 0.29) is 29.1 Å². The molecule has 0 bridgehead atoms. The molecule has 0 heterocycles. The smallest absolute Gasteiger partial charge is 0.264 e. The van der Waals surface area contributed by atoms with E-state index in [0.29, 0.717) is 12.2 Å². The molecule has 3 aromatic rings. The molecule has 2 amide bonds. The van der Waals surface area contributed by atoms with E-state index in [2.05, 4.69) is 5.32 Å². The second-order valence-electron chi connectivity index (χ2n) is 10.2. The Hall–Kier alpha value is -3.85. The first-order chi connectivity index (χ1) is 19.5. The fourth-order valence-electron chi connectivity index (χ4n) is 4.55. The molecular weight excluding hydrogens is 538 g/mol. The summed E-state index contributed by atoms with van der Waals surface area (Å²) in [5.74, 6) is -0.463. The number of hydrogen-bond acceptors (Lipinski definition) is 5. The van der Waals surface area contributed by atoms with Crippen LogP contribution in [0.4, 0.5) is 5.69 Å². The van der Waals surface area contributed by atoms with Crippen LogP contribution in [-0.4, -0.2) is 50.9 Å². The molecule has 0 saturated carbocycles. The number of anilines is 1. The predicted molar refractivity (Wildman–Crippen MR) is 162 cm³/mol. The normalized spacial score (nSPS) is 12.7. The van der Waals surface area contributed by atoms with Crippen molar-refractivity contribution >= 4 is 27.5 Å². The minimum Gasteiger partial charge on any atom is -0.495 e. The molecule has 0 aliphatic rings. The second kappa shape index (κ2) is 14.2. The minimum absolute atomic E-state index is 0.0496. The summed E-state index contributed by atoms with van der Waals surface area (Å²) in [5.41, 5.74) is 3.01. The third-order valence-corrected chi connectivity index (χ3v) is 8.84. The predicted octanol–water partition coefficient (Wildman–Crippen LogP) is 5.23. The van der Waals surface area contributed by atoms with Crippen molar-refractivity contribution in [2.75, 3.05) is 18.0 Å². The first-order valence-electron chi connectivity index (χ1n) is 13.9. The Morgan fingerprint density at radius 3 is 2.20 bits per heavy atom. The summed E-state index contributed by atoms with van der Waals surface area (Å²) in [6.07, 6.45) is 1.10. The van der Waals surface area contributed by atoms with Gasteiger partial charge in [-0.15, -0.1) is 0 Å². The molecular formula is C32H41N3O5S. The van der Waals surface area contributed by atoms with Gasteiger partial charge in [-0.25, -0.2) is 8.42 Å². The van der Waals surface area contributed by atoms with Gasteiger partial charge in [-0.1, -0.05) is 73.5 Å². The molecule has 0 radical (unpaired) electrons. The van der Waals surface area contributed by atoms with Crippen molar-refractivity contribution < 1.29 is 22.7 Å². The number of nitrogens with zero attached hydrogens (tertiary/aromatic N) is 2. The summed E-state index contributed by atoms with van der Waals surface area (Å²) < 4.78 is 34.7. The topological polar surface area (TPSA) is 96.0 Å². The Balaban J connectivity index is 2.10. The Morgan fingerprint density at radius 2 is 1.59 bits per heavy atom. The van der Waals surface area contributed by atoms with Crippen molar-refractivity contribution in [2.24, 2.45) is 0 Å². The van der Waals surface area contributed by atoms with Gasteiger partial charge in [-0.3, -0.25) is 13.9 Å². The highest BCUT2D eigenvalue weighted by Crippen LogP contribution is 2.32. The van der Waals surface area contributed by atoms with Gasteiger partial charge in [0.1, 0.15) is 18.3 Å². The standard InChI is InChI=1S/C32H41N3O5S/c1-7-25(5)33-32(37)28(8-2)34(21-26-13-11-12-24(4)20-26)31(36)22-35(29-14-9-10-15-30(29)40-6)41(38,39)27-18-16-23(3)17-19-27/h9-20,25,28H,7-8,21-22H2,1-6H3,(H,33,37)/t25-,28+/m0/s1. The van der Waals surface area contributed by atoms with Crippen LogP contribution in [0.2, 0.25) is 0 Å². The van der Waals surface area contributed by atoms with Crippen LogP contribution >= 0.6 is 0 Å². The quantitative estimate of drug-likeness (QED) is 0.299. The molecule has 2 atom stereocenters. The number of amides is 2. The summed E-state index contributed by atoms with van der Waals surface area (Å²) in [4.78, 5) is 29.1. The minimum atomic E-state index is -4.18. The van der Waals surface area contributed by atoms with Crippen LogP contribution in [0.25, 0.3) is 0 Å². The molecule has 3 aromatic carbocycles. The van der Waals surface area contributed by atoms with E-state index in [1.54, 1.807) is 36.4 Å². The van der Waals surface area contributed by atoms with Crippen molar-refractivity contribution in [3.63, 3.8) is 0 Å². The Bertz CT molecular complexity index is 1440. The number of hydrogen-bond donors (Lipinski definition) is 1. The first-order valence-corrected chi connectivity index (χ1v) is 15.3. The van der Waals surface area contributed by atoms with Gasteiger partial charge < -0.3 is 15.0 Å². The number of para-hydroxylation sites is 2. The lowest BCUT2D eigenvalue weighted by Gasteiger charge is -2.34. The van der Waals surface area contributed by atoms with Crippen LogP contribution in [0, 0.1) is 13.8 Å². The van der Waals surface area contributed by atoms with Crippen molar-refractivity contribution in [2.45, 2.75) is 71.0 Å². The largest absolute Gasteiger partial charge is 0.495 e. The van der Waals surface area contributed by atoms with Crippen molar-refractivity contribution in [1.29, 1.82) is 0 Å². The van der Waals surface area contributed by atoms with Gasteiger partial charge in [0.2, 0.25) is 11.8 Å². The molecule has 8 nitrogen and oxygen atoms in total. The third kappa shape index (κ3) is 7.88. The molecule has 0 aromatic heterocycles. The van der Waals surface area contributed by atoms with Crippen LogP contribution in [0.3, 0.4) is 0 Å². The number of carbonyl (C=O) groups excluding carboxylic acids is 2. The lowest BCUT2D eigenvalue weighted by molar-refractivity contribution is -0.140. The van der Waals surface area contributed by atoms with E-state index in [9.17, 15) is 18.0 Å². The third-order valence-electron chi connectivity index (χ3n) is 7.06. The van der Waals surface area contributed by atoms with E-state index >= 15 is 0 Å². The molecule has 0 fully saturated rings. The SMILES string of the molecule is CC[C@H](C(=O)N[C@@H](C)CC)N(Cc1cccc(C)c1)C(=O)CN(c1ccccc1OC)S(=O)(=O)c1ccc(C)cc1. The molecule has 0 spiro atoms. The molecule has 3 rings (SSSR count). The summed E-state index contributed by atoms with van der Waals surface area (Å²) in [6.45, 7) is 9.19. The number of aryl methyl sites for hydroxylation is 2. The maximum atomic E-state index is 14.2. The fraction of sp³-hybridized carbons (Fsp3) is 0.375. The van der Waals surface area contributed by atoms with E-state index in [1.807, 2.05) is 58.9 Å². The summed E-state index contributed by atoms with van der Waals surface area (Å²) in [5, 5.41) is 2.99. The number of carbonyl (C=O) groups is 2. The maximum absolute atomic E-state index is 14.2. The number of methoxy groups -OCH3 is 1. The zero-order valence-electron chi connectivity index (χ0n) is 24.8. The number of benzene rings is 3. The molecule has 0 saturated heterocycles. The molecule has 1 N–H and O–H groups in total. The number of rotatable bonds is 13. The maximum Gasteiger partial charge on any atom is 0.264 e. The van der Waals surface area contributed by atoms with Crippen molar-refractivity contribution in [3.05, 3.63) is 89.5 Å². The first kappa shape index (κ1) is 31.7. The second-order valence-corrected chi connectivity index (χ2v) is 12.1. The fourth-order valence-corrected chi connectivity index (χ4v) is 5.98. The summed E-state index contributed by atoms with van der Waals surface area (Å²) in [6, 6.07) is 20.0. The van der Waals surface area contributed by atoms with E-state index in [0.717, 1.165) is 27.4 Å². The van der Waals surface area contributed by atoms with Gasteiger partial charge in [-0.05, 0) is 63.4 Å². The Kier molecular flexibility index (Phi) is 10.9. The van der Waals surface area contributed by atoms with Crippen LogP contribution in [0.5, 0.6) is 5.75 Å². The van der Waals surface area contributed by atoms with Gasteiger partial charge in [0.25, 0.3) is 10.0 Å². The van der Waals surface area contributed by atoms with Crippen LogP contribution < -0.4 is 14.4 Å². The lowest BCUT2D eigenvalue weighted by atomic mass is 10.1. The monoisotopic (exact) mass is 579 g/mol. The van der Waals surface area contributed by atoms with Gasteiger partial charge in [0.15, 0.2) is 0 Å². The highest BCUT2D eigenvalue weighted by molar-refractivity contribution is 7.92. The zero-order chi connectivity index (χ0) is 30.2. The van der Waals surface area contributed by atoms with Gasteiger partial charge in [-0.2, -0.15) is 0 Å².